The first-order valence-electron chi connectivity index (χ1n) is 12.0. The van der Waals surface area contributed by atoms with Crippen LogP contribution >= 0.6 is 34.8 Å². The minimum absolute atomic E-state index is 0.114. The van der Waals surface area contributed by atoms with Gasteiger partial charge in [0.2, 0.25) is 0 Å². The van der Waals surface area contributed by atoms with Crippen molar-refractivity contribution in [1.82, 2.24) is 4.90 Å². The van der Waals surface area contributed by atoms with Crippen molar-refractivity contribution in [2.75, 3.05) is 18.0 Å². The second-order valence-electron chi connectivity index (χ2n) is 9.49. The van der Waals surface area contributed by atoms with Crippen molar-refractivity contribution in [3.8, 4) is 0 Å². The molecule has 1 fully saturated rings. The summed E-state index contributed by atoms with van der Waals surface area (Å²) < 4.78 is 0. The van der Waals surface area contributed by atoms with E-state index in [9.17, 15) is 0 Å². The number of piperidine rings is 1. The number of anilines is 2. The molecule has 0 N–H and O–H groups in total. The van der Waals surface area contributed by atoms with Crippen molar-refractivity contribution >= 4 is 52.3 Å². The molecule has 3 aromatic carbocycles. The number of rotatable bonds is 4. The van der Waals surface area contributed by atoms with Crippen LogP contribution in [0.4, 0.5) is 11.4 Å². The molecule has 2 nitrogen and oxygen atoms in total. The van der Waals surface area contributed by atoms with Gasteiger partial charge in [-0.3, -0.25) is 0 Å². The Bertz CT molecular complexity index is 1190. The number of para-hydroxylation sites is 1. The SMILES string of the molecule is CC(C)N1CCC(c2ccc3c(c2)N(c2c(Cl)cccc2Cl)C(c2ccccc2Cl)C=C3)CC1. The van der Waals surface area contributed by atoms with Crippen LogP contribution in [0.3, 0.4) is 0 Å². The first-order chi connectivity index (χ1) is 16.4. The number of hydrogen-bond donors (Lipinski definition) is 0. The highest BCUT2D eigenvalue weighted by molar-refractivity contribution is 6.39. The molecule has 0 amide bonds. The van der Waals surface area contributed by atoms with Gasteiger partial charge in [-0.25, -0.2) is 0 Å². The molecule has 1 unspecified atom stereocenters. The molecule has 3 aromatic rings. The Labute approximate surface area is 217 Å². The van der Waals surface area contributed by atoms with Crippen LogP contribution in [0, 0.1) is 0 Å². The predicted octanol–water partition coefficient (Wildman–Crippen LogP) is 9.14. The van der Waals surface area contributed by atoms with Gasteiger partial charge in [0.1, 0.15) is 0 Å². The van der Waals surface area contributed by atoms with E-state index < -0.39 is 0 Å². The van der Waals surface area contributed by atoms with E-state index in [2.05, 4.69) is 60.1 Å². The molecule has 0 aromatic heterocycles. The lowest BCUT2D eigenvalue weighted by Crippen LogP contribution is -2.37. The van der Waals surface area contributed by atoms with Crippen molar-refractivity contribution in [1.29, 1.82) is 0 Å². The summed E-state index contributed by atoms with van der Waals surface area (Å²) in [6.45, 7) is 6.85. The third-order valence-electron chi connectivity index (χ3n) is 7.18. The van der Waals surface area contributed by atoms with Gasteiger partial charge in [-0.1, -0.05) is 83.4 Å². The van der Waals surface area contributed by atoms with Crippen molar-refractivity contribution < 1.29 is 0 Å². The fourth-order valence-corrected chi connectivity index (χ4v) is 6.11. The van der Waals surface area contributed by atoms with Crippen LogP contribution in [0.25, 0.3) is 6.08 Å². The molecule has 0 aliphatic carbocycles. The Morgan fingerprint density at radius 1 is 0.824 bits per heavy atom. The molecular formula is C29H29Cl3N2. The van der Waals surface area contributed by atoms with Crippen molar-refractivity contribution in [2.24, 2.45) is 0 Å². The molecule has 34 heavy (non-hydrogen) atoms. The average Bonchev–Trinajstić information content (AvgIpc) is 2.84. The summed E-state index contributed by atoms with van der Waals surface area (Å²) in [7, 11) is 0. The molecule has 0 radical (unpaired) electrons. The van der Waals surface area contributed by atoms with E-state index in [0.29, 0.717) is 22.0 Å². The number of benzene rings is 3. The van der Waals surface area contributed by atoms with Gasteiger partial charge in [0, 0.05) is 16.8 Å². The first kappa shape index (κ1) is 23.8. The number of nitrogens with zero attached hydrogens (tertiary/aromatic N) is 2. The molecule has 1 atom stereocenters. The molecule has 1 saturated heterocycles. The van der Waals surface area contributed by atoms with E-state index in [1.807, 2.05) is 36.4 Å². The largest absolute Gasteiger partial charge is 0.327 e. The van der Waals surface area contributed by atoms with Crippen LogP contribution in [0.2, 0.25) is 15.1 Å². The summed E-state index contributed by atoms with van der Waals surface area (Å²) in [6, 6.07) is 21.0. The molecular weight excluding hydrogens is 483 g/mol. The van der Waals surface area contributed by atoms with Gasteiger partial charge in [-0.15, -0.1) is 0 Å². The molecule has 176 valence electrons. The maximum atomic E-state index is 6.77. The quantitative estimate of drug-likeness (QED) is 0.344. The molecule has 0 saturated carbocycles. The number of fused-ring (bicyclic) bond motifs is 1. The van der Waals surface area contributed by atoms with Crippen LogP contribution in [-0.4, -0.2) is 24.0 Å². The molecule has 2 aliphatic heterocycles. The maximum absolute atomic E-state index is 6.77. The molecule has 2 aliphatic rings. The van der Waals surface area contributed by atoms with Gasteiger partial charge in [0.25, 0.3) is 0 Å². The van der Waals surface area contributed by atoms with E-state index in [1.165, 1.54) is 18.4 Å². The smallest absolute Gasteiger partial charge is 0.0797 e. The summed E-state index contributed by atoms with van der Waals surface area (Å²) in [5.41, 5.74) is 5.49. The minimum Gasteiger partial charge on any atom is -0.327 e. The van der Waals surface area contributed by atoms with Crippen LogP contribution < -0.4 is 4.90 Å². The lowest BCUT2D eigenvalue weighted by atomic mass is 9.86. The minimum atomic E-state index is -0.114. The van der Waals surface area contributed by atoms with Gasteiger partial charge in [-0.2, -0.15) is 0 Å². The van der Waals surface area contributed by atoms with Gasteiger partial charge in [0.05, 0.1) is 21.8 Å². The lowest BCUT2D eigenvalue weighted by molar-refractivity contribution is 0.172. The van der Waals surface area contributed by atoms with Gasteiger partial charge >= 0.3 is 0 Å². The van der Waals surface area contributed by atoms with Gasteiger partial charge in [0.15, 0.2) is 0 Å². The second-order valence-corrected chi connectivity index (χ2v) is 10.7. The van der Waals surface area contributed by atoms with Crippen molar-refractivity contribution in [3.63, 3.8) is 0 Å². The molecule has 5 heteroatoms. The summed E-state index contributed by atoms with van der Waals surface area (Å²) in [6.07, 6.45) is 6.72. The normalized spacial score (nSPS) is 19.0. The highest BCUT2D eigenvalue weighted by Crippen LogP contribution is 2.49. The average molecular weight is 512 g/mol. The summed E-state index contributed by atoms with van der Waals surface area (Å²) >= 11 is 20.2. The van der Waals surface area contributed by atoms with Crippen LogP contribution in [0.15, 0.2) is 66.7 Å². The number of likely N-dealkylation sites (tertiary alicyclic amines) is 1. The van der Waals surface area contributed by atoms with E-state index in [-0.39, 0.29) is 6.04 Å². The lowest BCUT2D eigenvalue weighted by Gasteiger charge is -2.39. The summed E-state index contributed by atoms with van der Waals surface area (Å²) in [5, 5.41) is 1.98. The van der Waals surface area contributed by atoms with Gasteiger partial charge in [-0.05, 0) is 86.7 Å². The third kappa shape index (κ3) is 4.50. The van der Waals surface area contributed by atoms with Crippen LogP contribution in [0.1, 0.15) is 55.3 Å². The van der Waals surface area contributed by atoms with E-state index in [1.54, 1.807) is 0 Å². The highest BCUT2D eigenvalue weighted by atomic mass is 35.5. The summed E-state index contributed by atoms with van der Waals surface area (Å²) in [5.74, 6) is 0.550. The zero-order chi connectivity index (χ0) is 23.8. The molecule has 0 spiro atoms. The molecule has 0 bridgehead atoms. The predicted molar refractivity (Wildman–Crippen MR) is 147 cm³/mol. The van der Waals surface area contributed by atoms with Crippen LogP contribution in [0.5, 0.6) is 0 Å². The standard InChI is InChI=1S/C29H29Cl3N2/c1-19(2)33-16-14-20(15-17-33)22-11-10-21-12-13-27(23-6-3-4-7-24(23)30)34(28(21)18-22)29-25(31)8-5-9-26(29)32/h3-13,18-20,27H,14-17H2,1-2H3. The Balaban J connectivity index is 1.60. The van der Waals surface area contributed by atoms with Gasteiger partial charge < -0.3 is 9.80 Å². The Morgan fingerprint density at radius 3 is 2.18 bits per heavy atom. The zero-order valence-corrected chi connectivity index (χ0v) is 21.8. The highest BCUT2D eigenvalue weighted by Gasteiger charge is 2.31. The maximum Gasteiger partial charge on any atom is 0.0797 e. The molecule has 2 heterocycles. The topological polar surface area (TPSA) is 6.48 Å². The third-order valence-corrected chi connectivity index (χ3v) is 8.14. The fraction of sp³-hybridized carbons (Fsp3) is 0.310. The monoisotopic (exact) mass is 510 g/mol. The van der Waals surface area contributed by atoms with E-state index >= 15 is 0 Å². The number of halogens is 3. The van der Waals surface area contributed by atoms with E-state index in [0.717, 1.165) is 40.6 Å². The Morgan fingerprint density at radius 2 is 1.50 bits per heavy atom. The Hall–Kier alpha value is -1.97. The second kappa shape index (κ2) is 9.95. The summed E-state index contributed by atoms with van der Waals surface area (Å²) in [4.78, 5) is 4.83. The fourth-order valence-electron chi connectivity index (χ4n) is 5.28. The Kier molecular flexibility index (Phi) is 6.95. The first-order valence-corrected chi connectivity index (χ1v) is 13.1. The van der Waals surface area contributed by atoms with E-state index in [4.69, 9.17) is 34.8 Å². The number of hydrogen-bond acceptors (Lipinski definition) is 2. The van der Waals surface area contributed by atoms with Crippen LogP contribution in [-0.2, 0) is 0 Å². The van der Waals surface area contributed by atoms with Crippen molar-refractivity contribution in [3.05, 3.63) is 98.5 Å². The molecule has 5 rings (SSSR count). The van der Waals surface area contributed by atoms with Crippen molar-refractivity contribution in [2.45, 2.75) is 44.7 Å². The zero-order valence-electron chi connectivity index (χ0n) is 19.5.